The Morgan fingerprint density at radius 3 is 1.13 bits per heavy atom. The van der Waals surface area contributed by atoms with Crippen LogP contribution in [0.1, 0.15) is 33.4 Å². The molecule has 0 aliphatic heterocycles. The minimum absolute atomic E-state index is 0.589. The van der Waals surface area contributed by atoms with E-state index in [1.165, 1.54) is 65.3 Å². The lowest BCUT2D eigenvalue weighted by atomic mass is 9.67. The maximum Gasteiger partial charge on any atom is 0.0776 e. The van der Waals surface area contributed by atoms with Crippen molar-refractivity contribution in [1.82, 2.24) is 0 Å². The van der Waals surface area contributed by atoms with Crippen LogP contribution >= 0.6 is 0 Å². The Morgan fingerprint density at radius 2 is 0.640 bits per heavy atom. The van der Waals surface area contributed by atoms with E-state index in [-0.39, 0.29) is 0 Å². The highest BCUT2D eigenvalue weighted by Crippen LogP contribution is 2.57. The van der Waals surface area contributed by atoms with Gasteiger partial charge in [0.05, 0.1) is 21.6 Å². The number of hydrogen-bond donors (Lipinski definition) is 0. The number of para-hydroxylation sites is 2. The van der Waals surface area contributed by atoms with Gasteiger partial charge >= 0.3 is 0 Å². The Labute approximate surface area is 445 Å². The van der Waals surface area contributed by atoms with E-state index in [2.05, 4.69) is 316 Å². The van der Waals surface area contributed by atoms with Gasteiger partial charge in [-0.25, -0.2) is 0 Å². The summed E-state index contributed by atoms with van der Waals surface area (Å²) >= 11 is 0. The molecule has 0 N–H and O–H groups in total. The quantitative estimate of drug-likeness (QED) is 0.0889. The summed E-state index contributed by atoms with van der Waals surface area (Å²) in [6, 6.07) is 95.0. The molecule has 0 amide bonds. The summed E-state index contributed by atoms with van der Waals surface area (Å²) in [4.78, 5) is 4.79. The molecule has 0 fully saturated rings. The van der Waals surface area contributed by atoms with E-state index in [1.54, 1.807) is 0 Å². The van der Waals surface area contributed by atoms with Crippen LogP contribution < -0.4 is 20.2 Å². The van der Waals surface area contributed by atoms with Gasteiger partial charge in [-0.05, 0) is 145 Å². The van der Waals surface area contributed by atoms with Gasteiger partial charge in [-0.1, -0.05) is 238 Å². The number of anilines is 6. The molecule has 4 heteroatoms. The van der Waals surface area contributed by atoms with E-state index in [0.29, 0.717) is 0 Å². The molecule has 75 heavy (non-hydrogen) atoms. The molecule has 0 unspecified atom stereocenters. The standard InChI is InChI=1S/C71H62N2Si2/c1-74(2,3)65-41-34-53-46-62(38-32-55(53)48-65)72(59-23-15-9-16-24-59)61-36-29-51(30-37-61)27-28-52-31-43-67-68-44-40-64(50-70(68)71(69(67)45-52,57-19-11-7-12-20-57)58-21-13-8-14-22-58)73(60-25-17-10-18-26-60)63-39-33-56-49-66(75(4,5)6)42-35-54(56)47-63/h7-50H,1-6H3/b28-27+. The fourth-order valence-electron chi connectivity index (χ4n) is 11.4. The molecule has 1 aliphatic rings. The summed E-state index contributed by atoms with van der Waals surface area (Å²) in [7, 11) is -2.90. The summed E-state index contributed by atoms with van der Waals surface area (Å²) in [5.74, 6) is 0. The molecule has 12 rings (SSSR count). The van der Waals surface area contributed by atoms with Crippen LogP contribution in [0, 0.1) is 0 Å². The van der Waals surface area contributed by atoms with Crippen molar-refractivity contribution in [3.63, 3.8) is 0 Å². The predicted octanol–water partition coefficient (Wildman–Crippen LogP) is 18.6. The zero-order chi connectivity index (χ0) is 51.3. The summed E-state index contributed by atoms with van der Waals surface area (Å²) in [6.07, 6.45) is 4.53. The molecule has 2 nitrogen and oxygen atoms in total. The Balaban J connectivity index is 0.935. The molecule has 0 bridgehead atoms. The summed E-state index contributed by atoms with van der Waals surface area (Å²) < 4.78 is 0. The van der Waals surface area contributed by atoms with Crippen molar-refractivity contribution < 1.29 is 0 Å². The molecule has 11 aromatic rings. The molecule has 1 aliphatic carbocycles. The molecule has 0 aromatic heterocycles. The largest absolute Gasteiger partial charge is 0.310 e. The van der Waals surface area contributed by atoms with Crippen LogP contribution in [0.2, 0.25) is 39.3 Å². The van der Waals surface area contributed by atoms with Crippen molar-refractivity contribution in [2.75, 3.05) is 9.80 Å². The Morgan fingerprint density at radius 1 is 0.293 bits per heavy atom. The van der Waals surface area contributed by atoms with Gasteiger partial charge in [-0.15, -0.1) is 0 Å². The third-order valence-electron chi connectivity index (χ3n) is 15.4. The first-order valence-corrected chi connectivity index (χ1v) is 33.4. The molecule has 0 radical (unpaired) electrons. The van der Waals surface area contributed by atoms with Crippen molar-refractivity contribution in [3.05, 3.63) is 288 Å². The minimum Gasteiger partial charge on any atom is -0.310 e. The number of fused-ring (bicyclic) bond motifs is 5. The van der Waals surface area contributed by atoms with E-state index >= 15 is 0 Å². The minimum atomic E-state index is -1.47. The van der Waals surface area contributed by atoms with Crippen LogP contribution in [0.4, 0.5) is 34.1 Å². The van der Waals surface area contributed by atoms with Gasteiger partial charge in [0.15, 0.2) is 0 Å². The zero-order valence-corrected chi connectivity index (χ0v) is 45.8. The number of benzene rings is 11. The second-order valence-corrected chi connectivity index (χ2v) is 32.4. The van der Waals surface area contributed by atoms with E-state index in [9.17, 15) is 0 Å². The van der Waals surface area contributed by atoms with E-state index in [0.717, 1.165) is 45.3 Å². The lowest BCUT2D eigenvalue weighted by Gasteiger charge is -2.35. The molecule has 0 atom stereocenters. The Bertz CT molecular complexity index is 3850. The molecular formula is C71H62N2Si2. The molecule has 0 spiro atoms. The first kappa shape index (κ1) is 47.7. The van der Waals surface area contributed by atoms with Crippen LogP contribution in [-0.4, -0.2) is 16.1 Å². The van der Waals surface area contributed by atoms with Crippen LogP contribution in [-0.2, 0) is 5.41 Å². The number of rotatable bonds is 12. The highest BCUT2D eigenvalue weighted by atomic mass is 28.3. The number of hydrogen-bond acceptors (Lipinski definition) is 2. The van der Waals surface area contributed by atoms with Crippen molar-refractivity contribution >= 4 is 94.3 Å². The van der Waals surface area contributed by atoms with Gasteiger partial charge in [0.1, 0.15) is 0 Å². The first-order chi connectivity index (χ1) is 36.4. The normalized spacial score (nSPS) is 13.0. The molecule has 0 heterocycles. The number of nitrogens with zero attached hydrogens (tertiary/aromatic N) is 2. The second-order valence-electron chi connectivity index (χ2n) is 22.3. The molecule has 0 saturated heterocycles. The maximum atomic E-state index is 2.47. The maximum absolute atomic E-state index is 2.47. The highest BCUT2D eigenvalue weighted by Gasteiger charge is 2.46. The van der Waals surface area contributed by atoms with Crippen molar-refractivity contribution in [2.45, 2.75) is 44.7 Å². The average Bonchev–Trinajstić information content (AvgIpc) is 3.74. The van der Waals surface area contributed by atoms with Crippen molar-refractivity contribution in [1.29, 1.82) is 0 Å². The van der Waals surface area contributed by atoms with Crippen LogP contribution in [0.15, 0.2) is 255 Å². The third-order valence-corrected chi connectivity index (χ3v) is 19.4. The van der Waals surface area contributed by atoms with Gasteiger partial charge in [-0.2, -0.15) is 0 Å². The van der Waals surface area contributed by atoms with E-state index < -0.39 is 21.6 Å². The highest BCUT2D eigenvalue weighted by molar-refractivity contribution is 6.89. The molecule has 0 saturated carbocycles. The topological polar surface area (TPSA) is 6.48 Å². The van der Waals surface area contributed by atoms with Gasteiger partial charge in [0.2, 0.25) is 0 Å². The van der Waals surface area contributed by atoms with Crippen molar-refractivity contribution in [3.8, 4) is 11.1 Å². The smallest absolute Gasteiger partial charge is 0.0776 e. The van der Waals surface area contributed by atoms with Crippen LogP contribution in [0.5, 0.6) is 0 Å². The monoisotopic (exact) mass is 998 g/mol. The lowest BCUT2D eigenvalue weighted by Crippen LogP contribution is -2.37. The molecule has 364 valence electrons. The summed E-state index contributed by atoms with van der Waals surface area (Å²) in [5.41, 5.74) is 16.0. The first-order valence-electron chi connectivity index (χ1n) is 26.4. The van der Waals surface area contributed by atoms with Crippen molar-refractivity contribution in [2.24, 2.45) is 0 Å². The fourth-order valence-corrected chi connectivity index (χ4v) is 13.7. The Kier molecular flexibility index (Phi) is 12.2. The Hall–Kier alpha value is -8.29. The summed E-state index contributed by atoms with van der Waals surface area (Å²) in [6.45, 7) is 14.5. The zero-order valence-electron chi connectivity index (χ0n) is 43.8. The molecule has 11 aromatic carbocycles. The lowest BCUT2D eigenvalue weighted by molar-refractivity contribution is 0.768. The van der Waals surface area contributed by atoms with Gasteiger partial charge in [-0.3, -0.25) is 0 Å². The SMILES string of the molecule is C[Si](C)(C)c1ccc2cc(N(c3ccccc3)c3ccc(/C=C/c4ccc5c(c4)C(c4ccccc4)(c4ccccc4)c4cc(N(c6ccccc6)c6ccc7cc([Si](C)(C)C)ccc7c6)ccc4-5)cc3)ccc2c1. The van der Waals surface area contributed by atoms with E-state index in [4.69, 9.17) is 0 Å². The predicted molar refractivity (Wildman–Crippen MR) is 329 cm³/mol. The third kappa shape index (κ3) is 8.94. The molecular weight excluding hydrogens is 937 g/mol. The fraction of sp³-hybridized carbons (Fsp3) is 0.0986. The van der Waals surface area contributed by atoms with Gasteiger partial charge < -0.3 is 9.80 Å². The van der Waals surface area contributed by atoms with Gasteiger partial charge in [0.25, 0.3) is 0 Å². The second kappa shape index (κ2) is 19.2. The van der Waals surface area contributed by atoms with Crippen LogP contribution in [0.25, 0.3) is 44.8 Å². The van der Waals surface area contributed by atoms with Crippen LogP contribution in [0.3, 0.4) is 0 Å². The summed E-state index contributed by atoms with van der Waals surface area (Å²) in [5, 5.41) is 8.03. The van der Waals surface area contributed by atoms with E-state index in [1.807, 2.05) is 0 Å². The van der Waals surface area contributed by atoms with Gasteiger partial charge in [0, 0.05) is 34.1 Å². The average molecular weight is 999 g/mol.